The van der Waals surface area contributed by atoms with E-state index in [-0.39, 0.29) is 0 Å². The summed E-state index contributed by atoms with van der Waals surface area (Å²) in [5.41, 5.74) is 0.420. The molecule has 1 aromatic carbocycles. The summed E-state index contributed by atoms with van der Waals surface area (Å²) in [6.45, 7) is 0.413. The lowest BCUT2D eigenvalue weighted by atomic mass is 10.2. The Morgan fingerprint density at radius 3 is 2.71 bits per heavy atom. The standard InChI is InChI=1S/C10H10ClF2N/c11-9-8(12)4-1-6(10(9)13)5-14-7-2-3-7/h1,4,7,14H,2-3,5H2. The molecule has 0 unspecified atom stereocenters. The number of rotatable bonds is 3. The minimum absolute atomic E-state index is 0.413. The highest BCUT2D eigenvalue weighted by Gasteiger charge is 2.21. The van der Waals surface area contributed by atoms with Gasteiger partial charge in [-0.25, -0.2) is 8.78 Å². The monoisotopic (exact) mass is 217 g/mol. The molecule has 0 spiro atoms. The number of hydrogen-bond acceptors (Lipinski definition) is 1. The summed E-state index contributed by atoms with van der Waals surface area (Å²) in [6.07, 6.45) is 2.27. The molecule has 76 valence electrons. The van der Waals surface area contributed by atoms with Crippen LogP contribution in [0.25, 0.3) is 0 Å². The zero-order chi connectivity index (χ0) is 10.1. The van der Waals surface area contributed by atoms with Crippen LogP contribution in [0.5, 0.6) is 0 Å². The van der Waals surface area contributed by atoms with E-state index in [1.54, 1.807) is 0 Å². The zero-order valence-corrected chi connectivity index (χ0v) is 8.24. The number of halogens is 3. The number of benzene rings is 1. The summed E-state index contributed by atoms with van der Waals surface area (Å²) in [5, 5.41) is 2.72. The van der Waals surface area contributed by atoms with Crippen molar-refractivity contribution in [3.8, 4) is 0 Å². The van der Waals surface area contributed by atoms with Crippen LogP contribution in [0.2, 0.25) is 5.02 Å². The molecule has 0 aliphatic heterocycles. The maximum absolute atomic E-state index is 13.3. The van der Waals surface area contributed by atoms with E-state index in [0.29, 0.717) is 18.2 Å². The van der Waals surface area contributed by atoms with Gasteiger partial charge in [-0.1, -0.05) is 17.7 Å². The minimum Gasteiger partial charge on any atom is -0.310 e. The van der Waals surface area contributed by atoms with E-state index in [9.17, 15) is 8.78 Å². The largest absolute Gasteiger partial charge is 0.310 e. The van der Waals surface area contributed by atoms with E-state index >= 15 is 0 Å². The first-order valence-electron chi connectivity index (χ1n) is 4.54. The quantitative estimate of drug-likeness (QED) is 0.768. The Bertz CT molecular complexity index is 350. The Hall–Kier alpha value is -0.670. The fourth-order valence-electron chi connectivity index (χ4n) is 1.24. The van der Waals surface area contributed by atoms with Crippen LogP contribution >= 0.6 is 11.6 Å². The van der Waals surface area contributed by atoms with Crippen molar-refractivity contribution in [3.63, 3.8) is 0 Å². The van der Waals surface area contributed by atoms with Crippen molar-refractivity contribution in [1.29, 1.82) is 0 Å². The van der Waals surface area contributed by atoms with Gasteiger partial charge in [0, 0.05) is 18.2 Å². The fraction of sp³-hybridized carbons (Fsp3) is 0.400. The first-order chi connectivity index (χ1) is 6.68. The van der Waals surface area contributed by atoms with E-state index in [1.165, 1.54) is 12.1 Å². The lowest BCUT2D eigenvalue weighted by molar-refractivity contribution is 0.560. The highest BCUT2D eigenvalue weighted by molar-refractivity contribution is 6.30. The molecule has 0 saturated heterocycles. The summed E-state index contributed by atoms with van der Waals surface area (Å²) in [4.78, 5) is 0. The summed E-state index contributed by atoms with van der Waals surface area (Å²) < 4.78 is 26.1. The molecule has 0 aromatic heterocycles. The van der Waals surface area contributed by atoms with Gasteiger partial charge in [-0.3, -0.25) is 0 Å². The molecule has 0 heterocycles. The van der Waals surface area contributed by atoms with Crippen molar-refractivity contribution in [3.05, 3.63) is 34.4 Å². The van der Waals surface area contributed by atoms with Crippen molar-refractivity contribution in [2.24, 2.45) is 0 Å². The van der Waals surface area contributed by atoms with E-state index in [2.05, 4.69) is 5.32 Å². The van der Waals surface area contributed by atoms with E-state index in [0.717, 1.165) is 12.8 Å². The lowest BCUT2D eigenvalue weighted by Crippen LogP contribution is -2.16. The fourth-order valence-corrected chi connectivity index (χ4v) is 1.43. The average molecular weight is 218 g/mol. The summed E-state index contributed by atoms with van der Waals surface area (Å²) in [5.74, 6) is -1.36. The smallest absolute Gasteiger partial charge is 0.149 e. The normalized spacial score (nSPS) is 15.9. The third-order valence-corrected chi connectivity index (χ3v) is 2.62. The molecular weight excluding hydrogens is 208 g/mol. The molecule has 2 rings (SSSR count). The summed E-state index contributed by atoms with van der Waals surface area (Å²) in [7, 11) is 0. The predicted octanol–water partition coefficient (Wildman–Crippen LogP) is 2.87. The van der Waals surface area contributed by atoms with Crippen LogP contribution in [0.15, 0.2) is 12.1 Å². The predicted molar refractivity (Wildman–Crippen MR) is 51.2 cm³/mol. The number of nitrogens with one attached hydrogen (secondary N) is 1. The molecule has 1 fully saturated rings. The van der Waals surface area contributed by atoms with Crippen LogP contribution in [0.1, 0.15) is 18.4 Å². The van der Waals surface area contributed by atoms with Crippen molar-refractivity contribution in [2.45, 2.75) is 25.4 Å². The second kappa shape index (κ2) is 3.83. The first-order valence-corrected chi connectivity index (χ1v) is 4.92. The molecule has 0 radical (unpaired) electrons. The van der Waals surface area contributed by atoms with E-state index < -0.39 is 16.7 Å². The van der Waals surface area contributed by atoms with E-state index in [1.807, 2.05) is 0 Å². The first kappa shape index (κ1) is 9.87. The molecular formula is C10H10ClF2N. The Labute approximate surface area is 86.1 Å². The maximum Gasteiger partial charge on any atom is 0.149 e. The summed E-state index contributed by atoms with van der Waals surface area (Å²) >= 11 is 5.44. The van der Waals surface area contributed by atoms with Crippen molar-refractivity contribution >= 4 is 11.6 Å². The third kappa shape index (κ3) is 2.04. The summed E-state index contributed by atoms with van der Waals surface area (Å²) in [6, 6.07) is 3.11. The van der Waals surface area contributed by atoms with Gasteiger partial charge in [0.1, 0.15) is 16.7 Å². The van der Waals surface area contributed by atoms with Gasteiger partial charge in [0.05, 0.1) is 0 Å². The highest BCUT2D eigenvalue weighted by atomic mass is 35.5. The van der Waals surface area contributed by atoms with Crippen LogP contribution in [-0.2, 0) is 6.54 Å². The van der Waals surface area contributed by atoms with Crippen LogP contribution in [0.4, 0.5) is 8.78 Å². The maximum atomic E-state index is 13.3. The molecule has 1 nitrogen and oxygen atoms in total. The van der Waals surface area contributed by atoms with E-state index in [4.69, 9.17) is 11.6 Å². The van der Waals surface area contributed by atoms with Crippen molar-refractivity contribution in [1.82, 2.24) is 5.32 Å². The molecule has 4 heteroatoms. The molecule has 0 bridgehead atoms. The second-order valence-electron chi connectivity index (χ2n) is 3.49. The SMILES string of the molecule is Fc1ccc(CNC2CC2)c(F)c1Cl. The van der Waals surface area contributed by atoms with Gasteiger partial charge >= 0.3 is 0 Å². The van der Waals surface area contributed by atoms with Gasteiger partial charge in [-0.05, 0) is 18.9 Å². The topological polar surface area (TPSA) is 12.0 Å². The molecule has 1 aliphatic rings. The van der Waals surface area contributed by atoms with Crippen LogP contribution in [-0.4, -0.2) is 6.04 Å². The molecule has 1 saturated carbocycles. The van der Waals surface area contributed by atoms with Gasteiger partial charge < -0.3 is 5.32 Å². The van der Waals surface area contributed by atoms with Gasteiger partial charge in [0.2, 0.25) is 0 Å². The molecule has 1 aliphatic carbocycles. The van der Waals surface area contributed by atoms with Gasteiger partial charge in [0.15, 0.2) is 0 Å². The van der Waals surface area contributed by atoms with Crippen molar-refractivity contribution in [2.75, 3.05) is 0 Å². The Balaban J connectivity index is 2.11. The lowest BCUT2D eigenvalue weighted by Gasteiger charge is -2.06. The molecule has 14 heavy (non-hydrogen) atoms. The van der Waals surface area contributed by atoms with Gasteiger partial charge in [0.25, 0.3) is 0 Å². The van der Waals surface area contributed by atoms with Gasteiger partial charge in [-0.2, -0.15) is 0 Å². The molecule has 1 aromatic rings. The Morgan fingerprint density at radius 2 is 2.07 bits per heavy atom. The van der Waals surface area contributed by atoms with Gasteiger partial charge in [-0.15, -0.1) is 0 Å². The van der Waals surface area contributed by atoms with Crippen molar-refractivity contribution < 1.29 is 8.78 Å². The van der Waals surface area contributed by atoms with Crippen LogP contribution in [0, 0.1) is 11.6 Å². The van der Waals surface area contributed by atoms with Crippen LogP contribution in [0.3, 0.4) is 0 Å². The second-order valence-corrected chi connectivity index (χ2v) is 3.87. The third-order valence-electron chi connectivity index (χ3n) is 2.27. The minimum atomic E-state index is -0.709. The average Bonchev–Trinajstić information content (AvgIpc) is 2.97. The van der Waals surface area contributed by atoms with Crippen LogP contribution < -0.4 is 5.32 Å². The Kier molecular flexibility index (Phi) is 2.70. The molecule has 0 amide bonds. The molecule has 1 N–H and O–H groups in total. The Morgan fingerprint density at radius 1 is 1.36 bits per heavy atom. The molecule has 0 atom stereocenters. The zero-order valence-electron chi connectivity index (χ0n) is 7.49. The number of hydrogen-bond donors (Lipinski definition) is 1. The highest BCUT2D eigenvalue weighted by Crippen LogP contribution is 2.23.